The average Bonchev–Trinajstić information content (AvgIpc) is 2.45. The second kappa shape index (κ2) is 6.58. The first kappa shape index (κ1) is 12.3. The molecule has 0 spiro atoms. The van der Waals surface area contributed by atoms with Crippen LogP contribution in [0.5, 0.6) is 0 Å². The van der Waals surface area contributed by atoms with Crippen LogP contribution < -0.4 is 5.32 Å². The summed E-state index contributed by atoms with van der Waals surface area (Å²) < 4.78 is 0. The molecule has 0 aliphatic rings. The second-order valence-corrected chi connectivity index (χ2v) is 4.22. The summed E-state index contributed by atoms with van der Waals surface area (Å²) in [4.78, 5) is 0. The summed E-state index contributed by atoms with van der Waals surface area (Å²) >= 11 is 0. The molecular weight excluding hydrogens is 220 g/mol. The van der Waals surface area contributed by atoms with Gasteiger partial charge in [-0.1, -0.05) is 42.5 Å². The number of rotatable bonds is 5. The molecule has 1 N–H and O–H groups in total. The Balaban J connectivity index is 1.77. The summed E-state index contributed by atoms with van der Waals surface area (Å²) in [5.74, 6) is 0. The lowest BCUT2D eigenvalue weighted by atomic mass is 10.1. The highest BCUT2D eigenvalue weighted by Crippen LogP contribution is 2.04. The van der Waals surface area contributed by atoms with Gasteiger partial charge in [0.05, 0.1) is 11.6 Å². The van der Waals surface area contributed by atoms with Crippen LogP contribution in [0.2, 0.25) is 0 Å². The van der Waals surface area contributed by atoms with Gasteiger partial charge >= 0.3 is 0 Å². The van der Waals surface area contributed by atoms with E-state index in [2.05, 4.69) is 29.6 Å². The molecule has 2 rings (SSSR count). The van der Waals surface area contributed by atoms with Gasteiger partial charge in [0.2, 0.25) is 0 Å². The van der Waals surface area contributed by atoms with E-state index in [4.69, 9.17) is 5.26 Å². The van der Waals surface area contributed by atoms with E-state index in [9.17, 15) is 0 Å². The monoisotopic (exact) mass is 236 g/mol. The smallest absolute Gasteiger partial charge is 0.0991 e. The topological polar surface area (TPSA) is 35.8 Å². The molecule has 0 radical (unpaired) electrons. The van der Waals surface area contributed by atoms with Crippen LogP contribution in [-0.2, 0) is 13.0 Å². The molecule has 0 unspecified atom stereocenters. The molecule has 0 aliphatic carbocycles. The zero-order valence-electron chi connectivity index (χ0n) is 10.3. The number of nitrogens with zero attached hydrogens (tertiary/aromatic N) is 1. The Morgan fingerprint density at radius 2 is 1.72 bits per heavy atom. The van der Waals surface area contributed by atoms with Gasteiger partial charge in [0.25, 0.3) is 0 Å². The quantitative estimate of drug-likeness (QED) is 0.810. The summed E-state index contributed by atoms with van der Waals surface area (Å²) in [6.45, 7) is 1.81. The molecule has 2 aromatic carbocycles. The summed E-state index contributed by atoms with van der Waals surface area (Å²) in [5.41, 5.74) is 3.23. The lowest BCUT2D eigenvalue weighted by molar-refractivity contribution is 0.687. The average molecular weight is 236 g/mol. The summed E-state index contributed by atoms with van der Waals surface area (Å²) in [7, 11) is 0. The number of benzene rings is 2. The van der Waals surface area contributed by atoms with Gasteiger partial charge < -0.3 is 5.32 Å². The number of hydrogen-bond acceptors (Lipinski definition) is 2. The summed E-state index contributed by atoms with van der Waals surface area (Å²) in [5, 5.41) is 12.2. The molecule has 2 aromatic rings. The zero-order chi connectivity index (χ0) is 12.6. The van der Waals surface area contributed by atoms with Gasteiger partial charge in [-0.2, -0.15) is 5.26 Å². The normalized spacial score (nSPS) is 9.94. The Morgan fingerprint density at radius 1 is 0.944 bits per heavy atom. The van der Waals surface area contributed by atoms with Crippen molar-refractivity contribution in [3.05, 3.63) is 71.3 Å². The molecule has 2 nitrogen and oxygen atoms in total. The van der Waals surface area contributed by atoms with Crippen LogP contribution in [0.4, 0.5) is 0 Å². The molecule has 0 atom stereocenters. The Hall–Kier alpha value is -2.11. The lowest BCUT2D eigenvalue weighted by Crippen LogP contribution is -2.16. The molecule has 0 amide bonds. The van der Waals surface area contributed by atoms with Crippen molar-refractivity contribution < 1.29 is 0 Å². The second-order valence-electron chi connectivity index (χ2n) is 4.22. The molecule has 0 aromatic heterocycles. The fraction of sp³-hybridized carbons (Fsp3) is 0.188. The van der Waals surface area contributed by atoms with Crippen molar-refractivity contribution in [3.63, 3.8) is 0 Å². The van der Waals surface area contributed by atoms with Gasteiger partial charge in [0.1, 0.15) is 0 Å². The number of nitrogens with one attached hydrogen (secondary N) is 1. The minimum Gasteiger partial charge on any atom is -0.312 e. The Morgan fingerprint density at radius 3 is 2.50 bits per heavy atom. The van der Waals surface area contributed by atoms with Crippen LogP contribution in [0.25, 0.3) is 0 Å². The maximum Gasteiger partial charge on any atom is 0.0991 e. The fourth-order valence-corrected chi connectivity index (χ4v) is 1.86. The maximum absolute atomic E-state index is 8.82. The van der Waals surface area contributed by atoms with Crippen molar-refractivity contribution >= 4 is 0 Å². The van der Waals surface area contributed by atoms with Gasteiger partial charge in [0.15, 0.2) is 0 Å². The van der Waals surface area contributed by atoms with Gasteiger partial charge in [-0.25, -0.2) is 0 Å². The van der Waals surface area contributed by atoms with Crippen LogP contribution >= 0.6 is 0 Å². The van der Waals surface area contributed by atoms with Crippen molar-refractivity contribution in [2.75, 3.05) is 6.54 Å². The molecule has 0 aliphatic heterocycles. The van der Waals surface area contributed by atoms with Crippen LogP contribution in [0.15, 0.2) is 54.6 Å². The zero-order valence-corrected chi connectivity index (χ0v) is 10.3. The van der Waals surface area contributed by atoms with Gasteiger partial charge in [-0.3, -0.25) is 0 Å². The highest BCUT2D eigenvalue weighted by atomic mass is 14.8. The van der Waals surface area contributed by atoms with E-state index >= 15 is 0 Å². The van der Waals surface area contributed by atoms with Crippen molar-refractivity contribution in [2.45, 2.75) is 13.0 Å². The van der Waals surface area contributed by atoms with Crippen LogP contribution in [0.3, 0.4) is 0 Å². The molecule has 0 fully saturated rings. The first-order chi connectivity index (χ1) is 8.88. The highest BCUT2D eigenvalue weighted by molar-refractivity contribution is 5.32. The van der Waals surface area contributed by atoms with E-state index in [1.807, 2.05) is 36.4 Å². The third-order valence-corrected chi connectivity index (χ3v) is 2.82. The molecule has 2 heteroatoms. The SMILES string of the molecule is N#Cc1cccc(CCNCc2ccccc2)c1. The number of nitriles is 1. The third kappa shape index (κ3) is 3.73. The Bertz CT molecular complexity index is 526. The molecule has 0 saturated heterocycles. The standard InChI is InChI=1S/C16H16N2/c17-12-16-8-4-7-14(11-16)9-10-18-13-15-5-2-1-3-6-15/h1-8,11,18H,9-10,13H2. The van der Waals surface area contributed by atoms with E-state index in [1.54, 1.807) is 0 Å². The van der Waals surface area contributed by atoms with Crippen LogP contribution in [0, 0.1) is 11.3 Å². The maximum atomic E-state index is 8.82. The Kier molecular flexibility index (Phi) is 4.52. The molecule has 0 saturated carbocycles. The molecule has 0 heterocycles. The predicted molar refractivity (Wildman–Crippen MR) is 73.0 cm³/mol. The summed E-state index contributed by atoms with van der Waals surface area (Å²) in [6, 6.07) is 20.3. The number of hydrogen-bond donors (Lipinski definition) is 1. The van der Waals surface area contributed by atoms with Crippen LogP contribution in [-0.4, -0.2) is 6.54 Å². The van der Waals surface area contributed by atoms with Gasteiger partial charge in [-0.15, -0.1) is 0 Å². The minimum absolute atomic E-state index is 0.732. The Labute approximate surface area is 108 Å². The van der Waals surface area contributed by atoms with Crippen molar-refractivity contribution in [1.82, 2.24) is 5.32 Å². The van der Waals surface area contributed by atoms with Crippen LogP contribution in [0.1, 0.15) is 16.7 Å². The van der Waals surface area contributed by atoms with Crippen molar-refractivity contribution in [2.24, 2.45) is 0 Å². The summed E-state index contributed by atoms with van der Waals surface area (Å²) in [6.07, 6.45) is 0.947. The third-order valence-electron chi connectivity index (χ3n) is 2.82. The predicted octanol–water partition coefficient (Wildman–Crippen LogP) is 2.89. The van der Waals surface area contributed by atoms with E-state index in [0.717, 1.165) is 25.1 Å². The first-order valence-corrected chi connectivity index (χ1v) is 6.12. The van der Waals surface area contributed by atoms with Crippen molar-refractivity contribution in [3.8, 4) is 6.07 Å². The molecule has 18 heavy (non-hydrogen) atoms. The van der Waals surface area contributed by atoms with E-state index in [-0.39, 0.29) is 0 Å². The van der Waals surface area contributed by atoms with Gasteiger partial charge in [0, 0.05) is 6.54 Å². The molecular formula is C16H16N2. The fourth-order valence-electron chi connectivity index (χ4n) is 1.86. The lowest BCUT2D eigenvalue weighted by Gasteiger charge is -2.05. The first-order valence-electron chi connectivity index (χ1n) is 6.12. The largest absolute Gasteiger partial charge is 0.312 e. The molecule has 0 bridgehead atoms. The molecule has 90 valence electrons. The van der Waals surface area contributed by atoms with E-state index in [1.165, 1.54) is 11.1 Å². The minimum atomic E-state index is 0.732. The van der Waals surface area contributed by atoms with E-state index < -0.39 is 0 Å². The highest BCUT2D eigenvalue weighted by Gasteiger charge is 1.96. The van der Waals surface area contributed by atoms with Crippen molar-refractivity contribution in [1.29, 1.82) is 5.26 Å². The van der Waals surface area contributed by atoms with Gasteiger partial charge in [-0.05, 0) is 36.2 Å². The van der Waals surface area contributed by atoms with E-state index in [0.29, 0.717) is 0 Å².